The third-order valence-corrected chi connectivity index (χ3v) is 4.43. The normalized spacial score (nSPS) is 14.4. The standard InChI is InChI=1S/C15H24BrFN2/c1-3-5-6-11(4-2)15(19-18)9-12-7-8-13(17)10-14(12)16/h7-8,10-11,15,19H,3-6,9,18H2,1-2H3. The lowest BCUT2D eigenvalue weighted by atomic mass is 9.88. The van der Waals surface area contributed by atoms with Gasteiger partial charge in [-0.15, -0.1) is 0 Å². The van der Waals surface area contributed by atoms with E-state index in [-0.39, 0.29) is 11.9 Å². The molecule has 0 spiro atoms. The van der Waals surface area contributed by atoms with Crippen molar-refractivity contribution < 1.29 is 4.39 Å². The van der Waals surface area contributed by atoms with Crippen molar-refractivity contribution >= 4 is 15.9 Å². The second-order valence-electron chi connectivity index (χ2n) is 5.02. The first-order valence-electron chi connectivity index (χ1n) is 7.02. The van der Waals surface area contributed by atoms with Crippen LogP contribution in [0.15, 0.2) is 22.7 Å². The highest BCUT2D eigenvalue weighted by molar-refractivity contribution is 9.10. The molecule has 0 fully saturated rings. The first-order chi connectivity index (χ1) is 9.12. The maximum Gasteiger partial charge on any atom is 0.124 e. The highest BCUT2D eigenvalue weighted by atomic mass is 79.9. The number of benzene rings is 1. The van der Waals surface area contributed by atoms with E-state index in [1.165, 1.54) is 31.4 Å². The minimum Gasteiger partial charge on any atom is -0.271 e. The molecule has 3 N–H and O–H groups in total. The zero-order chi connectivity index (χ0) is 14.3. The molecule has 0 amide bonds. The molecule has 0 saturated carbocycles. The molecule has 19 heavy (non-hydrogen) atoms. The summed E-state index contributed by atoms with van der Waals surface area (Å²) in [7, 11) is 0. The van der Waals surface area contributed by atoms with Gasteiger partial charge in [-0.1, -0.05) is 55.1 Å². The van der Waals surface area contributed by atoms with E-state index in [1.807, 2.05) is 6.07 Å². The van der Waals surface area contributed by atoms with E-state index in [0.29, 0.717) is 5.92 Å². The van der Waals surface area contributed by atoms with Crippen molar-refractivity contribution in [3.63, 3.8) is 0 Å². The minimum absolute atomic E-state index is 0.217. The van der Waals surface area contributed by atoms with Crippen LogP contribution < -0.4 is 11.3 Å². The average molecular weight is 331 g/mol. The highest BCUT2D eigenvalue weighted by Crippen LogP contribution is 2.24. The summed E-state index contributed by atoms with van der Waals surface area (Å²) in [6.45, 7) is 4.40. The van der Waals surface area contributed by atoms with E-state index in [4.69, 9.17) is 5.84 Å². The van der Waals surface area contributed by atoms with Crippen LogP contribution in [0.5, 0.6) is 0 Å². The van der Waals surface area contributed by atoms with Crippen LogP contribution in [0.1, 0.15) is 45.1 Å². The van der Waals surface area contributed by atoms with Gasteiger partial charge in [0.1, 0.15) is 5.82 Å². The molecular weight excluding hydrogens is 307 g/mol. The molecule has 0 aliphatic heterocycles. The summed E-state index contributed by atoms with van der Waals surface area (Å²) in [5, 5.41) is 0. The number of rotatable bonds is 8. The highest BCUT2D eigenvalue weighted by Gasteiger charge is 2.19. The largest absolute Gasteiger partial charge is 0.271 e. The van der Waals surface area contributed by atoms with Gasteiger partial charge in [0.15, 0.2) is 0 Å². The lowest BCUT2D eigenvalue weighted by Crippen LogP contribution is -2.42. The summed E-state index contributed by atoms with van der Waals surface area (Å²) < 4.78 is 13.9. The van der Waals surface area contributed by atoms with Gasteiger partial charge in [-0.05, 0) is 36.5 Å². The molecule has 0 heterocycles. The van der Waals surface area contributed by atoms with Gasteiger partial charge >= 0.3 is 0 Å². The Hall–Kier alpha value is -0.450. The van der Waals surface area contributed by atoms with Crippen LogP contribution in [0.4, 0.5) is 4.39 Å². The fourth-order valence-corrected chi connectivity index (χ4v) is 2.95. The SMILES string of the molecule is CCCCC(CC)C(Cc1ccc(F)cc1Br)NN. The van der Waals surface area contributed by atoms with E-state index in [0.717, 1.165) is 22.9 Å². The van der Waals surface area contributed by atoms with Gasteiger partial charge in [-0.2, -0.15) is 0 Å². The van der Waals surface area contributed by atoms with Gasteiger partial charge in [-0.25, -0.2) is 4.39 Å². The summed E-state index contributed by atoms with van der Waals surface area (Å²) in [6.07, 6.45) is 5.53. The molecule has 0 aromatic heterocycles. The summed E-state index contributed by atoms with van der Waals surface area (Å²) in [5.41, 5.74) is 4.03. The molecule has 0 radical (unpaired) electrons. The molecule has 2 nitrogen and oxygen atoms in total. The zero-order valence-electron chi connectivity index (χ0n) is 11.8. The molecule has 1 aromatic rings. The van der Waals surface area contributed by atoms with Gasteiger partial charge in [0.25, 0.3) is 0 Å². The van der Waals surface area contributed by atoms with Gasteiger partial charge in [0.05, 0.1) is 0 Å². The summed E-state index contributed by atoms with van der Waals surface area (Å²) in [6, 6.07) is 5.07. The Morgan fingerprint density at radius 3 is 2.63 bits per heavy atom. The number of halogens is 2. The topological polar surface area (TPSA) is 38.0 Å². The molecule has 0 bridgehead atoms. The zero-order valence-corrected chi connectivity index (χ0v) is 13.3. The molecule has 4 heteroatoms. The van der Waals surface area contributed by atoms with Crippen LogP contribution in [-0.2, 0) is 6.42 Å². The summed E-state index contributed by atoms with van der Waals surface area (Å²) >= 11 is 3.42. The Bertz CT molecular complexity index is 384. The summed E-state index contributed by atoms with van der Waals surface area (Å²) in [5.74, 6) is 6.05. The number of hydrogen-bond donors (Lipinski definition) is 2. The Labute approximate surface area is 124 Å². The van der Waals surface area contributed by atoms with Crippen LogP contribution in [0.2, 0.25) is 0 Å². The quantitative estimate of drug-likeness (QED) is 0.554. The average Bonchev–Trinajstić information content (AvgIpc) is 2.40. The molecule has 0 aliphatic carbocycles. The molecule has 0 saturated heterocycles. The van der Waals surface area contributed by atoms with E-state index in [2.05, 4.69) is 35.2 Å². The summed E-state index contributed by atoms with van der Waals surface area (Å²) in [4.78, 5) is 0. The van der Waals surface area contributed by atoms with Crippen LogP contribution in [0.25, 0.3) is 0 Å². The second-order valence-corrected chi connectivity index (χ2v) is 5.88. The van der Waals surface area contributed by atoms with Gasteiger partial charge in [0.2, 0.25) is 0 Å². The molecule has 108 valence electrons. The van der Waals surface area contributed by atoms with Gasteiger partial charge in [-0.3, -0.25) is 11.3 Å². The van der Waals surface area contributed by atoms with Gasteiger partial charge < -0.3 is 0 Å². The van der Waals surface area contributed by atoms with E-state index >= 15 is 0 Å². The van der Waals surface area contributed by atoms with Crippen molar-refractivity contribution in [2.24, 2.45) is 11.8 Å². The molecule has 2 atom stereocenters. The number of nitrogens with two attached hydrogens (primary N) is 1. The lowest BCUT2D eigenvalue weighted by Gasteiger charge is -2.26. The van der Waals surface area contributed by atoms with Crippen molar-refractivity contribution in [3.8, 4) is 0 Å². The number of nitrogens with one attached hydrogen (secondary N) is 1. The lowest BCUT2D eigenvalue weighted by molar-refractivity contribution is 0.318. The van der Waals surface area contributed by atoms with Crippen molar-refractivity contribution in [2.45, 2.75) is 52.0 Å². The smallest absolute Gasteiger partial charge is 0.124 e. The third kappa shape index (κ3) is 5.21. The fourth-order valence-electron chi connectivity index (χ4n) is 2.44. The first-order valence-corrected chi connectivity index (χ1v) is 7.81. The van der Waals surface area contributed by atoms with Gasteiger partial charge in [0, 0.05) is 10.5 Å². The van der Waals surface area contributed by atoms with E-state index < -0.39 is 0 Å². The van der Waals surface area contributed by atoms with Crippen molar-refractivity contribution in [2.75, 3.05) is 0 Å². The number of unbranched alkanes of at least 4 members (excludes halogenated alkanes) is 1. The number of hydrogen-bond acceptors (Lipinski definition) is 2. The van der Waals surface area contributed by atoms with Crippen LogP contribution in [-0.4, -0.2) is 6.04 Å². The Morgan fingerprint density at radius 2 is 2.11 bits per heavy atom. The monoisotopic (exact) mass is 330 g/mol. The second kappa shape index (κ2) is 8.67. The van der Waals surface area contributed by atoms with Crippen LogP contribution >= 0.6 is 15.9 Å². The van der Waals surface area contributed by atoms with Crippen molar-refractivity contribution in [1.29, 1.82) is 0 Å². The fraction of sp³-hybridized carbons (Fsp3) is 0.600. The molecular formula is C15H24BrFN2. The Morgan fingerprint density at radius 1 is 1.37 bits per heavy atom. The van der Waals surface area contributed by atoms with Crippen molar-refractivity contribution in [3.05, 3.63) is 34.1 Å². The molecule has 2 unspecified atom stereocenters. The van der Waals surface area contributed by atoms with Crippen LogP contribution in [0.3, 0.4) is 0 Å². The number of hydrazine groups is 1. The first kappa shape index (κ1) is 16.6. The third-order valence-electron chi connectivity index (χ3n) is 3.69. The maximum absolute atomic E-state index is 13.1. The molecule has 0 aliphatic rings. The minimum atomic E-state index is -0.217. The molecule has 1 aromatic carbocycles. The Balaban J connectivity index is 2.73. The van der Waals surface area contributed by atoms with E-state index in [1.54, 1.807) is 0 Å². The van der Waals surface area contributed by atoms with Crippen LogP contribution in [0, 0.1) is 11.7 Å². The maximum atomic E-state index is 13.1. The predicted octanol–water partition coefficient (Wildman–Crippen LogP) is 4.18. The predicted molar refractivity (Wildman–Crippen MR) is 82.2 cm³/mol. The van der Waals surface area contributed by atoms with Crippen molar-refractivity contribution in [1.82, 2.24) is 5.43 Å². The molecule has 1 rings (SSSR count). The Kier molecular flexibility index (Phi) is 7.57. The van der Waals surface area contributed by atoms with E-state index in [9.17, 15) is 4.39 Å².